The van der Waals surface area contributed by atoms with Gasteiger partial charge in [-0.15, -0.1) is 0 Å². The Labute approximate surface area is 102 Å². The van der Waals surface area contributed by atoms with Crippen LogP contribution in [0.15, 0.2) is 24.3 Å². The Kier molecular flexibility index (Phi) is 3.22. The van der Waals surface area contributed by atoms with Crippen molar-refractivity contribution in [1.29, 1.82) is 0 Å². The predicted octanol–water partition coefficient (Wildman–Crippen LogP) is 1.95. The van der Waals surface area contributed by atoms with Gasteiger partial charge in [-0.25, -0.2) is 4.79 Å². The van der Waals surface area contributed by atoms with Crippen molar-refractivity contribution in [2.45, 2.75) is 19.6 Å². The van der Waals surface area contributed by atoms with Crippen molar-refractivity contribution in [2.24, 2.45) is 0 Å². The van der Waals surface area contributed by atoms with Gasteiger partial charge >= 0.3 is 6.03 Å². The number of amides is 2. The molecule has 0 spiro atoms. The van der Waals surface area contributed by atoms with E-state index in [4.69, 9.17) is 4.74 Å². The molecule has 1 unspecified atom stereocenters. The van der Waals surface area contributed by atoms with Crippen LogP contribution in [0.25, 0.3) is 0 Å². The van der Waals surface area contributed by atoms with Gasteiger partial charge in [-0.1, -0.05) is 18.2 Å². The summed E-state index contributed by atoms with van der Waals surface area (Å²) in [6, 6.07) is 7.90. The molecule has 1 aromatic carbocycles. The van der Waals surface area contributed by atoms with Crippen LogP contribution in [0.3, 0.4) is 0 Å². The summed E-state index contributed by atoms with van der Waals surface area (Å²) in [6.07, 6.45) is 0.0163. The summed E-state index contributed by atoms with van der Waals surface area (Å²) in [6.45, 7) is 3.21. The van der Waals surface area contributed by atoms with E-state index in [1.165, 1.54) is 0 Å². The van der Waals surface area contributed by atoms with Crippen molar-refractivity contribution >= 4 is 6.03 Å². The third-order valence-electron chi connectivity index (χ3n) is 2.79. The number of fused-ring (bicyclic) bond motifs is 1. The summed E-state index contributed by atoms with van der Waals surface area (Å²) in [5, 5.41) is 0. The van der Waals surface area contributed by atoms with Crippen molar-refractivity contribution in [3.63, 3.8) is 0 Å². The number of carbonyl (C=O) groups is 1. The first-order valence-electron chi connectivity index (χ1n) is 5.78. The van der Waals surface area contributed by atoms with Gasteiger partial charge in [0.05, 0.1) is 13.1 Å². The largest absolute Gasteiger partial charge is 0.489 e. The van der Waals surface area contributed by atoms with Gasteiger partial charge < -0.3 is 14.5 Å². The van der Waals surface area contributed by atoms with Crippen molar-refractivity contribution in [3.8, 4) is 5.75 Å². The molecule has 4 heteroatoms. The number of benzene rings is 1. The molecule has 1 atom stereocenters. The average molecular weight is 234 g/mol. The van der Waals surface area contributed by atoms with Gasteiger partial charge in [-0.3, -0.25) is 0 Å². The van der Waals surface area contributed by atoms with E-state index >= 15 is 0 Å². The van der Waals surface area contributed by atoms with E-state index in [0.29, 0.717) is 13.1 Å². The monoisotopic (exact) mass is 234 g/mol. The lowest BCUT2D eigenvalue weighted by atomic mass is 10.2. The molecule has 92 valence electrons. The van der Waals surface area contributed by atoms with Gasteiger partial charge in [0.25, 0.3) is 0 Å². The SMILES string of the molecule is CC1CN(C(=O)N(C)C)Cc2ccccc2O1. The van der Waals surface area contributed by atoms with Gasteiger partial charge in [0.2, 0.25) is 0 Å². The van der Waals surface area contributed by atoms with Crippen LogP contribution in [0.4, 0.5) is 4.79 Å². The smallest absolute Gasteiger partial charge is 0.319 e. The highest BCUT2D eigenvalue weighted by Crippen LogP contribution is 2.24. The highest BCUT2D eigenvalue weighted by molar-refractivity contribution is 5.74. The quantitative estimate of drug-likeness (QED) is 0.687. The molecule has 0 aromatic heterocycles. The molecule has 17 heavy (non-hydrogen) atoms. The van der Waals surface area contributed by atoms with E-state index < -0.39 is 0 Å². The molecule has 0 saturated carbocycles. The lowest BCUT2D eigenvalue weighted by Gasteiger charge is -2.25. The second-order valence-electron chi connectivity index (χ2n) is 4.59. The molecule has 0 N–H and O–H groups in total. The number of hydrogen-bond acceptors (Lipinski definition) is 2. The molecule has 1 aliphatic heterocycles. The van der Waals surface area contributed by atoms with Gasteiger partial charge in [0.15, 0.2) is 0 Å². The van der Waals surface area contributed by atoms with Crippen LogP contribution in [0.5, 0.6) is 5.75 Å². The Bertz CT molecular complexity index is 418. The molecule has 1 aromatic rings. The van der Waals surface area contributed by atoms with E-state index in [9.17, 15) is 4.79 Å². The average Bonchev–Trinajstić information content (AvgIpc) is 2.45. The molecule has 0 radical (unpaired) electrons. The first-order valence-corrected chi connectivity index (χ1v) is 5.78. The zero-order valence-electron chi connectivity index (χ0n) is 10.5. The molecule has 4 nitrogen and oxygen atoms in total. The number of rotatable bonds is 0. The van der Waals surface area contributed by atoms with E-state index in [0.717, 1.165) is 11.3 Å². The van der Waals surface area contributed by atoms with Gasteiger partial charge in [0, 0.05) is 19.7 Å². The van der Waals surface area contributed by atoms with E-state index in [2.05, 4.69) is 0 Å². The third kappa shape index (κ3) is 2.52. The summed E-state index contributed by atoms with van der Waals surface area (Å²) in [4.78, 5) is 15.4. The molecule has 0 bridgehead atoms. The minimum atomic E-state index is 0.0163. The fourth-order valence-corrected chi connectivity index (χ4v) is 2.01. The van der Waals surface area contributed by atoms with Crippen LogP contribution in [-0.2, 0) is 6.54 Å². The van der Waals surface area contributed by atoms with Gasteiger partial charge in [0.1, 0.15) is 11.9 Å². The highest BCUT2D eigenvalue weighted by atomic mass is 16.5. The summed E-state index contributed by atoms with van der Waals surface area (Å²) < 4.78 is 5.80. The Balaban J connectivity index is 2.26. The molecule has 1 heterocycles. The van der Waals surface area contributed by atoms with Crippen molar-refractivity contribution in [2.75, 3.05) is 20.6 Å². The summed E-state index contributed by atoms with van der Waals surface area (Å²) in [7, 11) is 3.54. The molecular formula is C13H18N2O2. The van der Waals surface area contributed by atoms with Crippen LogP contribution >= 0.6 is 0 Å². The number of para-hydroxylation sites is 1. The van der Waals surface area contributed by atoms with Crippen molar-refractivity contribution < 1.29 is 9.53 Å². The normalized spacial score (nSPS) is 19.0. The topological polar surface area (TPSA) is 32.8 Å². The lowest BCUT2D eigenvalue weighted by Crippen LogP contribution is -2.41. The van der Waals surface area contributed by atoms with Crippen LogP contribution < -0.4 is 4.74 Å². The van der Waals surface area contributed by atoms with Crippen molar-refractivity contribution in [1.82, 2.24) is 9.80 Å². The minimum Gasteiger partial charge on any atom is -0.489 e. The molecular weight excluding hydrogens is 216 g/mol. The Morgan fingerprint density at radius 2 is 2.12 bits per heavy atom. The second kappa shape index (κ2) is 4.65. The van der Waals surface area contributed by atoms with E-state index in [1.54, 1.807) is 19.0 Å². The Morgan fingerprint density at radius 1 is 1.41 bits per heavy atom. The molecule has 2 amide bonds. The zero-order chi connectivity index (χ0) is 12.4. The minimum absolute atomic E-state index is 0.0163. The Hall–Kier alpha value is -1.71. The van der Waals surface area contributed by atoms with Crippen LogP contribution in [-0.4, -0.2) is 42.6 Å². The van der Waals surface area contributed by atoms with Gasteiger partial charge in [-0.2, -0.15) is 0 Å². The number of urea groups is 1. The molecule has 0 fully saturated rings. The number of hydrogen-bond donors (Lipinski definition) is 0. The molecule has 0 aliphatic carbocycles. The van der Waals surface area contributed by atoms with E-state index in [-0.39, 0.29) is 12.1 Å². The first-order chi connectivity index (χ1) is 8.08. The number of ether oxygens (including phenoxy) is 1. The maximum absolute atomic E-state index is 12.0. The summed E-state index contributed by atoms with van der Waals surface area (Å²) in [5.41, 5.74) is 1.06. The zero-order valence-corrected chi connectivity index (χ0v) is 10.5. The number of carbonyl (C=O) groups excluding carboxylic acids is 1. The van der Waals surface area contributed by atoms with Crippen LogP contribution in [0.1, 0.15) is 12.5 Å². The second-order valence-corrected chi connectivity index (χ2v) is 4.59. The van der Waals surface area contributed by atoms with Gasteiger partial charge in [-0.05, 0) is 13.0 Å². The fourth-order valence-electron chi connectivity index (χ4n) is 2.01. The van der Waals surface area contributed by atoms with Crippen molar-refractivity contribution in [3.05, 3.63) is 29.8 Å². The van der Waals surface area contributed by atoms with Crippen LogP contribution in [0.2, 0.25) is 0 Å². The standard InChI is InChI=1S/C13H18N2O2/c1-10-8-15(13(16)14(2)3)9-11-6-4-5-7-12(11)17-10/h4-7,10H,8-9H2,1-3H3. The Morgan fingerprint density at radius 3 is 2.82 bits per heavy atom. The van der Waals surface area contributed by atoms with Crippen LogP contribution in [0, 0.1) is 0 Å². The highest BCUT2D eigenvalue weighted by Gasteiger charge is 2.24. The lowest BCUT2D eigenvalue weighted by molar-refractivity contribution is 0.141. The molecule has 1 aliphatic rings. The molecule has 2 rings (SSSR count). The number of nitrogens with zero attached hydrogens (tertiary/aromatic N) is 2. The maximum atomic E-state index is 12.0. The summed E-state index contributed by atoms with van der Waals surface area (Å²) >= 11 is 0. The maximum Gasteiger partial charge on any atom is 0.319 e. The molecule has 0 saturated heterocycles. The third-order valence-corrected chi connectivity index (χ3v) is 2.79. The first kappa shape index (κ1) is 11.8. The summed E-state index contributed by atoms with van der Waals surface area (Å²) in [5.74, 6) is 0.883. The van der Waals surface area contributed by atoms with E-state index in [1.807, 2.05) is 36.1 Å². The predicted molar refractivity (Wildman–Crippen MR) is 66.0 cm³/mol. The fraction of sp³-hybridized carbons (Fsp3) is 0.462.